The van der Waals surface area contributed by atoms with Gasteiger partial charge in [0.25, 0.3) is 5.91 Å². The SMILES string of the molecule is Cc1ccc(-n2c(SCC(=O)N/N=C\c3cccc4ccccc34)nnc2-c2ccc(C(C)(C)C)cc2)cc1. The van der Waals surface area contributed by atoms with Crippen molar-refractivity contribution in [3.63, 3.8) is 0 Å². The Bertz CT molecular complexity index is 1630. The summed E-state index contributed by atoms with van der Waals surface area (Å²) < 4.78 is 2.00. The van der Waals surface area contributed by atoms with Gasteiger partial charge in [-0.15, -0.1) is 10.2 Å². The van der Waals surface area contributed by atoms with Gasteiger partial charge in [-0.25, -0.2) is 5.43 Å². The highest BCUT2D eigenvalue weighted by atomic mass is 32.2. The van der Waals surface area contributed by atoms with Crippen LogP contribution in [0.2, 0.25) is 0 Å². The molecule has 5 aromatic rings. The maximum atomic E-state index is 12.7. The van der Waals surface area contributed by atoms with Crippen molar-refractivity contribution >= 4 is 34.7 Å². The van der Waals surface area contributed by atoms with Gasteiger partial charge in [0, 0.05) is 16.8 Å². The van der Waals surface area contributed by atoms with Gasteiger partial charge in [-0.1, -0.05) is 117 Å². The van der Waals surface area contributed by atoms with Gasteiger partial charge < -0.3 is 0 Å². The van der Waals surface area contributed by atoms with Gasteiger partial charge in [-0.05, 0) is 40.8 Å². The van der Waals surface area contributed by atoms with Crippen molar-refractivity contribution in [1.29, 1.82) is 0 Å². The number of rotatable bonds is 7. The number of nitrogens with one attached hydrogen (secondary N) is 1. The van der Waals surface area contributed by atoms with Crippen LogP contribution in [0.15, 0.2) is 101 Å². The maximum absolute atomic E-state index is 12.7. The minimum Gasteiger partial charge on any atom is -0.272 e. The van der Waals surface area contributed by atoms with Gasteiger partial charge in [-0.2, -0.15) is 5.10 Å². The second kappa shape index (κ2) is 11.3. The molecule has 0 saturated heterocycles. The van der Waals surface area contributed by atoms with Gasteiger partial charge >= 0.3 is 0 Å². The Kier molecular flexibility index (Phi) is 7.61. The van der Waals surface area contributed by atoms with E-state index in [1.54, 1.807) is 6.21 Å². The minimum absolute atomic E-state index is 0.0631. The lowest BCUT2D eigenvalue weighted by atomic mass is 9.87. The lowest BCUT2D eigenvalue weighted by molar-refractivity contribution is -0.118. The number of amides is 1. The van der Waals surface area contributed by atoms with E-state index in [1.807, 2.05) is 47.0 Å². The van der Waals surface area contributed by atoms with Gasteiger partial charge in [0.1, 0.15) is 0 Å². The molecule has 196 valence electrons. The Morgan fingerprint density at radius 3 is 2.38 bits per heavy atom. The van der Waals surface area contributed by atoms with Crippen LogP contribution in [0.4, 0.5) is 0 Å². The summed E-state index contributed by atoms with van der Waals surface area (Å²) in [5.41, 5.74) is 7.98. The summed E-state index contributed by atoms with van der Waals surface area (Å²) in [6.07, 6.45) is 1.68. The number of hydrogen-bond donors (Lipinski definition) is 1. The summed E-state index contributed by atoms with van der Waals surface area (Å²) in [5.74, 6) is 0.669. The van der Waals surface area contributed by atoms with E-state index in [0.717, 1.165) is 33.4 Å². The van der Waals surface area contributed by atoms with Crippen LogP contribution in [-0.2, 0) is 10.2 Å². The summed E-state index contributed by atoms with van der Waals surface area (Å²) in [4.78, 5) is 12.7. The number of thioether (sulfide) groups is 1. The number of carbonyl (C=O) groups excluding carboxylic acids is 1. The van der Waals surface area contributed by atoms with Crippen molar-refractivity contribution in [3.8, 4) is 17.1 Å². The fourth-order valence-corrected chi connectivity index (χ4v) is 5.04. The fourth-order valence-electron chi connectivity index (χ4n) is 4.30. The third kappa shape index (κ3) is 6.10. The zero-order valence-electron chi connectivity index (χ0n) is 22.6. The third-order valence-electron chi connectivity index (χ3n) is 6.48. The molecule has 0 saturated carbocycles. The number of aryl methyl sites for hydroxylation is 1. The van der Waals surface area contributed by atoms with Crippen LogP contribution in [0.5, 0.6) is 0 Å². The lowest BCUT2D eigenvalue weighted by Gasteiger charge is -2.19. The minimum atomic E-state index is -0.217. The normalized spacial score (nSPS) is 11.8. The Labute approximate surface area is 233 Å². The Hall–Kier alpha value is -4.23. The van der Waals surface area contributed by atoms with Crippen LogP contribution in [0.1, 0.15) is 37.5 Å². The summed E-state index contributed by atoms with van der Waals surface area (Å²) in [7, 11) is 0. The molecule has 0 fully saturated rings. The molecule has 1 aromatic heterocycles. The lowest BCUT2D eigenvalue weighted by Crippen LogP contribution is -2.20. The number of carbonyl (C=O) groups is 1. The second-order valence-electron chi connectivity index (χ2n) is 10.5. The molecule has 1 N–H and O–H groups in total. The summed E-state index contributed by atoms with van der Waals surface area (Å²) in [6, 6.07) is 30.8. The molecule has 0 aliphatic heterocycles. The van der Waals surface area contributed by atoms with Gasteiger partial charge in [0.2, 0.25) is 0 Å². The molecule has 0 atom stereocenters. The molecule has 7 heteroatoms. The van der Waals surface area contributed by atoms with Crippen LogP contribution >= 0.6 is 11.8 Å². The van der Waals surface area contributed by atoms with Crippen molar-refractivity contribution in [1.82, 2.24) is 20.2 Å². The summed E-state index contributed by atoms with van der Waals surface area (Å²) in [5, 5.41) is 16.0. The number of benzene rings is 4. The summed E-state index contributed by atoms with van der Waals surface area (Å²) in [6.45, 7) is 8.65. The first kappa shape index (κ1) is 26.4. The van der Waals surface area contributed by atoms with Crippen LogP contribution in [0.3, 0.4) is 0 Å². The number of fused-ring (bicyclic) bond motifs is 1. The molecule has 0 radical (unpaired) electrons. The van der Waals surface area contributed by atoms with Crippen LogP contribution in [0, 0.1) is 6.92 Å². The smallest absolute Gasteiger partial charge is 0.250 e. The highest BCUT2D eigenvalue weighted by molar-refractivity contribution is 7.99. The average molecular weight is 534 g/mol. The van der Waals surface area contributed by atoms with Crippen molar-refractivity contribution in [3.05, 3.63) is 108 Å². The zero-order valence-corrected chi connectivity index (χ0v) is 23.4. The molecule has 1 amide bonds. The predicted molar refractivity (Wildman–Crippen MR) is 161 cm³/mol. The van der Waals surface area contributed by atoms with E-state index in [9.17, 15) is 4.79 Å². The van der Waals surface area contributed by atoms with E-state index in [4.69, 9.17) is 0 Å². The molecule has 4 aromatic carbocycles. The molecule has 39 heavy (non-hydrogen) atoms. The molecule has 6 nitrogen and oxygen atoms in total. The van der Waals surface area contributed by atoms with E-state index in [-0.39, 0.29) is 17.1 Å². The van der Waals surface area contributed by atoms with Crippen LogP contribution in [0.25, 0.3) is 27.8 Å². The summed E-state index contributed by atoms with van der Waals surface area (Å²) >= 11 is 1.33. The van der Waals surface area contributed by atoms with E-state index in [2.05, 4.69) is 97.0 Å². The highest BCUT2D eigenvalue weighted by Gasteiger charge is 2.19. The first-order valence-electron chi connectivity index (χ1n) is 12.9. The molecule has 5 rings (SSSR count). The monoisotopic (exact) mass is 533 g/mol. The highest BCUT2D eigenvalue weighted by Crippen LogP contribution is 2.30. The topological polar surface area (TPSA) is 72.2 Å². The van der Waals surface area contributed by atoms with E-state index >= 15 is 0 Å². The third-order valence-corrected chi connectivity index (χ3v) is 7.41. The first-order valence-corrected chi connectivity index (χ1v) is 13.8. The standard InChI is InChI=1S/C32H31N5OS/c1-22-12-18-27(19-13-22)37-30(24-14-16-26(17-15-24)32(2,3)4)35-36-31(37)39-21-29(38)34-33-20-25-10-7-9-23-8-5-6-11-28(23)25/h5-20H,21H2,1-4H3,(H,34,38)/b33-20-. The number of aromatic nitrogens is 3. The van der Waals surface area contributed by atoms with Crippen molar-refractivity contribution in [2.24, 2.45) is 5.10 Å². The number of hydrogen-bond acceptors (Lipinski definition) is 5. The van der Waals surface area contributed by atoms with Gasteiger partial charge in [0.05, 0.1) is 12.0 Å². The fraction of sp³-hybridized carbons (Fsp3) is 0.188. The second-order valence-corrected chi connectivity index (χ2v) is 11.4. The number of nitrogens with zero attached hydrogens (tertiary/aromatic N) is 4. The Balaban J connectivity index is 1.34. The van der Waals surface area contributed by atoms with Gasteiger partial charge in [-0.3, -0.25) is 9.36 Å². The molecule has 0 aliphatic rings. The Morgan fingerprint density at radius 2 is 1.64 bits per heavy atom. The number of hydrazone groups is 1. The van der Waals surface area contributed by atoms with E-state index in [1.165, 1.54) is 22.9 Å². The van der Waals surface area contributed by atoms with Gasteiger partial charge in [0.15, 0.2) is 11.0 Å². The Morgan fingerprint density at radius 1 is 0.923 bits per heavy atom. The molecular weight excluding hydrogens is 502 g/mol. The van der Waals surface area contributed by atoms with Crippen molar-refractivity contribution < 1.29 is 4.79 Å². The zero-order chi connectivity index (χ0) is 27.4. The quantitative estimate of drug-likeness (QED) is 0.140. The van der Waals surface area contributed by atoms with E-state index in [0.29, 0.717) is 5.16 Å². The maximum Gasteiger partial charge on any atom is 0.250 e. The van der Waals surface area contributed by atoms with Crippen LogP contribution in [-0.4, -0.2) is 32.6 Å². The largest absolute Gasteiger partial charge is 0.272 e. The molecule has 0 aliphatic carbocycles. The predicted octanol–water partition coefficient (Wildman–Crippen LogP) is 6.94. The molecule has 0 unspecified atom stereocenters. The molecule has 0 bridgehead atoms. The first-order chi connectivity index (χ1) is 18.8. The van der Waals surface area contributed by atoms with E-state index < -0.39 is 0 Å². The average Bonchev–Trinajstić information content (AvgIpc) is 3.36. The van der Waals surface area contributed by atoms with Crippen molar-refractivity contribution in [2.75, 3.05) is 5.75 Å². The van der Waals surface area contributed by atoms with Crippen LogP contribution < -0.4 is 5.43 Å². The molecule has 1 heterocycles. The molecular formula is C32H31N5OS. The molecule has 0 spiro atoms. The van der Waals surface area contributed by atoms with Crippen molar-refractivity contribution in [2.45, 2.75) is 38.3 Å².